The van der Waals surface area contributed by atoms with Gasteiger partial charge in [0.25, 0.3) is 0 Å². The van der Waals surface area contributed by atoms with E-state index in [1.54, 1.807) is 0 Å². The molecular formula is C27H28N2O. The molecule has 1 spiro atoms. The molecular weight excluding hydrogens is 368 g/mol. The maximum absolute atomic E-state index is 6.89. The number of nitrogens with zero attached hydrogens (tertiary/aromatic N) is 1. The van der Waals surface area contributed by atoms with E-state index in [1.807, 2.05) is 0 Å². The lowest BCUT2D eigenvalue weighted by atomic mass is 9.83. The highest BCUT2D eigenvalue weighted by Gasteiger charge is 2.43. The van der Waals surface area contributed by atoms with E-state index in [2.05, 4.69) is 77.7 Å². The molecule has 0 bridgehead atoms. The van der Waals surface area contributed by atoms with Crippen LogP contribution in [0.2, 0.25) is 0 Å². The van der Waals surface area contributed by atoms with Crippen molar-refractivity contribution >= 4 is 0 Å². The van der Waals surface area contributed by atoms with Gasteiger partial charge in [0.2, 0.25) is 0 Å². The highest BCUT2D eigenvalue weighted by Crippen LogP contribution is 2.47. The second kappa shape index (κ2) is 7.05. The molecule has 3 nitrogen and oxygen atoms in total. The smallest absolute Gasteiger partial charge is 0.0963 e. The third-order valence-corrected chi connectivity index (χ3v) is 7.45. The number of likely N-dealkylation sites (tertiary alicyclic amines) is 1. The molecule has 152 valence electrons. The number of nitrogens with two attached hydrogens (primary N) is 1. The Morgan fingerprint density at radius 1 is 0.867 bits per heavy atom. The number of ether oxygens (including phenoxy) is 1. The number of hydrogen-bond donors (Lipinski definition) is 1. The fraction of sp³-hybridized carbons (Fsp3) is 0.333. The zero-order valence-electron chi connectivity index (χ0n) is 17.3. The zero-order chi connectivity index (χ0) is 20.1. The van der Waals surface area contributed by atoms with Gasteiger partial charge < -0.3 is 15.4 Å². The van der Waals surface area contributed by atoms with Crippen LogP contribution in [-0.2, 0) is 16.9 Å². The minimum Gasteiger partial charge on any atom is -0.365 e. The first-order valence-corrected chi connectivity index (χ1v) is 11.1. The molecule has 1 saturated heterocycles. The van der Waals surface area contributed by atoms with Crippen molar-refractivity contribution in [2.24, 2.45) is 5.73 Å². The fourth-order valence-electron chi connectivity index (χ4n) is 5.95. The summed E-state index contributed by atoms with van der Waals surface area (Å²) in [5, 5.41) is 0. The second-order valence-corrected chi connectivity index (χ2v) is 9.06. The molecule has 0 radical (unpaired) electrons. The molecule has 3 aromatic rings. The zero-order valence-corrected chi connectivity index (χ0v) is 17.3. The molecule has 0 amide bonds. The predicted molar refractivity (Wildman–Crippen MR) is 120 cm³/mol. The van der Waals surface area contributed by atoms with Gasteiger partial charge in [-0.1, -0.05) is 72.8 Å². The second-order valence-electron chi connectivity index (χ2n) is 9.06. The fourth-order valence-corrected chi connectivity index (χ4v) is 5.95. The van der Waals surface area contributed by atoms with E-state index in [0.717, 1.165) is 39.1 Å². The van der Waals surface area contributed by atoms with Gasteiger partial charge in [0, 0.05) is 31.6 Å². The van der Waals surface area contributed by atoms with E-state index >= 15 is 0 Å². The van der Waals surface area contributed by atoms with Crippen LogP contribution in [0.25, 0.3) is 11.1 Å². The highest BCUT2D eigenvalue weighted by molar-refractivity contribution is 5.79. The SMILES string of the molecule is NC(CN1CCC2(CC1)OCc1ccccc12)C1c2ccccc2-c2ccccc21. The van der Waals surface area contributed by atoms with E-state index in [4.69, 9.17) is 10.5 Å². The third kappa shape index (κ3) is 2.77. The Morgan fingerprint density at radius 2 is 1.47 bits per heavy atom. The Labute approximate surface area is 178 Å². The standard InChI is InChI=1S/C27H28N2O/c28-25(26-22-10-4-2-8-20(22)21-9-3-5-11-23(21)26)17-29-15-13-27(14-16-29)24-12-6-1-7-19(24)18-30-27/h1-12,25-26H,13-18,28H2. The number of rotatable bonds is 3. The molecule has 2 aliphatic heterocycles. The molecule has 1 atom stereocenters. The van der Waals surface area contributed by atoms with Crippen molar-refractivity contribution in [1.82, 2.24) is 4.90 Å². The monoisotopic (exact) mass is 396 g/mol. The first-order valence-electron chi connectivity index (χ1n) is 11.1. The molecule has 0 aromatic heterocycles. The van der Waals surface area contributed by atoms with Crippen LogP contribution in [0, 0.1) is 0 Å². The van der Waals surface area contributed by atoms with Gasteiger partial charge in [-0.2, -0.15) is 0 Å². The van der Waals surface area contributed by atoms with E-state index in [1.165, 1.54) is 33.4 Å². The maximum atomic E-state index is 6.89. The molecule has 1 aliphatic carbocycles. The van der Waals surface area contributed by atoms with Gasteiger partial charge in [-0.05, 0) is 46.2 Å². The van der Waals surface area contributed by atoms with Crippen molar-refractivity contribution in [3.05, 3.63) is 95.1 Å². The van der Waals surface area contributed by atoms with Crippen molar-refractivity contribution in [2.45, 2.75) is 37.0 Å². The van der Waals surface area contributed by atoms with E-state index in [0.29, 0.717) is 0 Å². The molecule has 0 saturated carbocycles. The maximum Gasteiger partial charge on any atom is 0.0963 e. The van der Waals surface area contributed by atoms with Crippen molar-refractivity contribution < 1.29 is 4.74 Å². The van der Waals surface area contributed by atoms with Crippen LogP contribution in [0.5, 0.6) is 0 Å². The molecule has 3 aliphatic rings. The van der Waals surface area contributed by atoms with Gasteiger partial charge in [-0.3, -0.25) is 0 Å². The van der Waals surface area contributed by atoms with Crippen LogP contribution in [0.1, 0.15) is 41.0 Å². The topological polar surface area (TPSA) is 38.5 Å². The van der Waals surface area contributed by atoms with Crippen LogP contribution >= 0.6 is 0 Å². The Kier molecular flexibility index (Phi) is 4.31. The summed E-state index contributed by atoms with van der Waals surface area (Å²) in [6.07, 6.45) is 2.10. The lowest BCUT2D eigenvalue weighted by Gasteiger charge is -2.40. The first kappa shape index (κ1) is 18.3. The number of fused-ring (bicyclic) bond motifs is 5. The Morgan fingerprint density at radius 3 is 2.17 bits per heavy atom. The summed E-state index contributed by atoms with van der Waals surface area (Å²) in [7, 11) is 0. The minimum atomic E-state index is -0.0796. The van der Waals surface area contributed by atoms with E-state index < -0.39 is 0 Å². The van der Waals surface area contributed by atoms with Gasteiger partial charge >= 0.3 is 0 Å². The van der Waals surface area contributed by atoms with Gasteiger partial charge in [0.15, 0.2) is 0 Å². The number of benzene rings is 3. The van der Waals surface area contributed by atoms with Crippen LogP contribution in [0.3, 0.4) is 0 Å². The normalized spacial score (nSPS) is 20.7. The molecule has 3 heteroatoms. The average Bonchev–Trinajstić information content (AvgIpc) is 3.32. The number of hydrogen-bond acceptors (Lipinski definition) is 3. The molecule has 1 fully saturated rings. The molecule has 6 rings (SSSR count). The Hall–Kier alpha value is -2.46. The van der Waals surface area contributed by atoms with Crippen molar-refractivity contribution in [2.75, 3.05) is 19.6 Å². The average molecular weight is 397 g/mol. The summed E-state index contributed by atoms with van der Waals surface area (Å²) in [6.45, 7) is 3.76. The molecule has 2 N–H and O–H groups in total. The van der Waals surface area contributed by atoms with Gasteiger partial charge in [0.1, 0.15) is 0 Å². The van der Waals surface area contributed by atoms with Crippen molar-refractivity contribution in [3.8, 4) is 11.1 Å². The summed E-state index contributed by atoms with van der Waals surface area (Å²) < 4.78 is 6.34. The third-order valence-electron chi connectivity index (χ3n) is 7.45. The van der Waals surface area contributed by atoms with Crippen LogP contribution in [0.4, 0.5) is 0 Å². The lowest BCUT2D eigenvalue weighted by molar-refractivity contribution is -0.0793. The Bertz CT molecular complexity index is 1040. The largest absolute Gasteiger partial charge is 0.365 e. The minimum absolute atomic E-state index is 0.0796. The Balaban J connectivity index is 1.20. The first-order chi connectivity index (χ1) is 14.8. The van der Waals surface area contributed by atoms with Crippen molar-refractivity contribution in [1.29, 1.82) is 0 Å². The summed E-state index contributed by atoms with van der Waals surface area (Å²) in [4.78, 5) is 2.55. The lowest BCUT2D eigenvalue weighted by Crippen LogP contribution is -2.48. The molecule has 2 heterocycles. The summed E-state index contributed by atoms with van der Waals surface area (Å²) in [6, 6.07) is 26.4. The van der Waals surface area contributed by atoms with E-state index in [9.17, 15) is 0 Å². The van der Waals surface area contributed by atoms with Gasteiger partial charge in [-0.25, -0.2) is 0 Å². The van der Waals surface area contributed by atoms with Crippen molar-refractivity contribution in [3.63, 3.8) is 0 Å². The summed E-state index contributed by atoms with van der Waals surface area (Å²) in [5.41, 5.74) is 15.0. The molecule has 3 aromatic carbocycles. The van der Waals surface area contributed by atoms with Gasteiger partial charge in [0.05, 0.1) is 12.2 Å². The predicted octanol–water partition coefficient (Wildman–Crippen LogP) is 4.65. The van der Waals surface area contributed by atoms with Gasteiger partial charge in [-0.15, -0.1) is 0 Å². The summed E-state index contributed by atoms with van der Waals surface area (Å²) >= 11 is 0. The van der Waals surface area contributed by atoms with E-state index in [-0.39, 0.29) is 17.6 Å². The molecule has 30 heavy (non-hydrogen) atoms. The van der Waals surface area contributed by atoms with Crippen LogP contribution < -0.4 is 5.73 Å². The number of piperidine rings is 1. The highest BCUT2D eigenvalue weighted by atomic mass is 16.5. The van der Waals surface area contributed by atoms with Crippen LogP contribution in [-0.4, -0.2) is 30.6 Å². The molecule has 1 unspecified atom stereocenters. The van der Waals surface area contributed by atoms with Crippen LogP contribution in [0.15, 0.2) is 72.8 Å². The quantitative estimate of drug-likeness (QED) is 0.700. The summed E-state index contributed by atoms with van der Waals surface area (Å²) in [5.74, 6) is 0.275.